The first-order valence-electron chi connectivity index (χ1n) is 10.3. The molecule has 2 aromatic carbocycles. The highest BCUT2D eigenvalue weighted by Crippen LogP contribution is 2.57. The molecule has 0 bridgehead atoms. The molecule has 0 unspecified atom stereocenters. The standard InChI is InChI=1S/C22H24BF3N2/c24-23(25,26)21-27(17-9-3-1-4-10-17)19-13-7-15-22(19)16-8-14-20(22)28(21)18-11-5-2-6-12-18/h1-6,9-12,19-20H,7-8,13-16H2/t19-,20-,22-/m0/s1. The zero-order valence-electron chi connectivity index (χ0n) is 15.8. The molecule has 1 aliphatic heterocycles. The summed E-state index contributed by atoms with van der Waals surface area (Å²) in [6.45, 7) is -5.18. The fourth-order valence-electron chi connectivity index (χ4n) is 6.16. The maximum atomic E-state index is 14.7. The molecule has 0 saturated heterocycles. The summed E-state index contributed by atoms with van der Waals surface area (Å²) in [4.78, 5) is 1.65. The van der Waals surface area contributed by atoms with Crippen molar-refractivity contribution in [1.82, 2.24) is 0 Å². The van der Waals surface area contributed by atoms with E-state index >= 15 is 0 Å². The Hall–Kier alpha value is -2.24. The van der Waals surface area contributed by atoms with Crippen molar-refractivity contribution in [3.63, 3.8) is 0 Å². The van der Waals surface area contributed by atoms with Crippen LogP contribution in [0.3, 0.4) is 0 Å². The average Bonchev–Trinajstić information content (AvgIpc) is 3.32. The second-order valence-corrected chi connectivity index (χ2v) is 8.39. The Balaban J connectivity index is 1.83. The van der Waals surface area contributed by atoms with Crippen LogP contribution in [0, 0.1) is 5.41 Å². The molecule has 0 aromatic heterocycles. The summed E-state index contributed by atoms with van der Waals surface area (Å²) in [6.07, 6.45) is 5.73. The predicted octanol–water partition coefficient (Wildman–Crippen LogP) is 5.73. The molecule has 3 aliphatic rings. The van der Waals surface area contributed by atoms with Crippen molar-refractivity contribution >= 4 is 24.1 Å². The molecule has 6 heteroatoms. The second kappa shape index (κ2) is 6.40. The first-order chi connectivity index (χ1) is 13.5. The minimum atomic E-state index is -5.18. The van der Waals surface area contributed by atoms with Gasteiger partial charge in [-0.05, 0) is 62.8 Å². The van der Waals surface area contributed by atoms with Crippen molar-refractivity contribution in [3.8, 4) is 0 Å². The van der Waals surface area contributed by atoms with Crippen molar-refractivity contribution in [1.29, 1.82) is 0 Å². The quantitative estimate of drug-likeness (QED) is 0.484. The average molecular weight is 384 g/mol. The third-order valence-electron chi connectivity index (χ3n) is 7.05. The van der Waals surface area contributed by atoms with Crippen molar-refractivity contribution in [2.45, 2.75) is 50.6 Å². The minimum absolute atomic E-state index is 0.0590. The van der Waals surface area contributed by atoms with Crippen LogP contribution in [0.5, 0.6) is 0 Å². The topological polar surface area (TPSA) is 6.25 Å². The molecule has 5 rings (SSSR count). The predicted molar refractivity (Wildman–Crippen MR) is 107 cm³/mol. The molecule has 1 spiro atoms. The summed E-state index contributed by atoms with van der Waals surface area (Å²) >= 11 is 0. The largest absolute Gasteiger partial charge is 0.589 e. The van der Waals surface area contributed by atoms with Gasteiger partial charge in [-0.25, -0.2) is 0 Å². The highest BCUT2D eigenvalue weighted by molar-refractivity contribution is 6.92. The van der Waals surface area contributed by atoms with Crippen LogP contribution < -0.4 is 4.90 Å². The molecule has 1 heterocycles. The molecule has 2 aromatic rings. The van der Waals surface area contributed by atoms with Crippen molar-refractivity contribution in [2.24, 2.45) is 5.41 Å². The summed E-state index contributed by atoms with van der Waals surface area (Å²) in [5.74, 6) is 0. The Labute approximate surface area is 163 Å². The van der Waals surface area contributed by atoms with Gasteiger partial charge in [0.25, 0.3) is 0 Å². The Bertz CT molecular complexity index is 893. The van der Waals surface area contributed by atoms with Gasteiger partial charge < -0.3 is 12.9 Å². The fraction of sp³-hybridized carbons (Fsp3) is 0.409. The summed E-state index contributed by atoms with van der Waals surface area (Å²) in [6, 6.07) is 18.3. The molecular formula is C22H24BF3N2. The van der Waals surface area contributed by atoms with E-state index in [-0.39, 0.29) is 17.5 Å². The third-order valence-corrected chi connectivity index (χ3v) is 7.05. The summed E-state index contributed by atoms with van der Waals surface area (Å²) < 4.78 is 45.7. The molecule has 2 fully saturated rings. The molecule has 146 valence electrons. The number of amidine groups is 1. The lowest BCUT2D eigenvalue weighted by atomic mass is 9.71. The molecule has 0 N–H and O–H groups in total. The Morgan fingerprint density at radius 2 is 1.46 bits per heavy atom. The van der Waals surface area contributed by atoms with E-state index in [1.165, 1.54) is 0 Å². The molecule has 0 radical (unpaired) electrons. The summed E-state index contributed by atoms with van der Waals surface area (Å²) in [5.41, 5.74) is 0.812. The number of benzene rings is 2. The first-order valence-corrected chi connectivity index (χ1v) is 10.3. The van der Waals surface area contributed by atoms with Gasteiger partial charge in [-0.3, -0.25) is 9.48 Å². The summed E-state index contributed by atoms with van der Waals surface area (Å²) in [5, 5.41) is 0. The molecule has 2 nitrogen and oxygen atoms in total. The zero-order chi connectivity index (χ0) is 19.4. The van der Waals surface area contributed by atoms with Gasteiger partial charge in [0, 0.05) is 0 Å². The number of halogens is 3. The molecular weight excluding hydrogens is 360 g/mol. The van der Waals surface area contributed by atoms with Crippen molar-refractivity contribution in [2.75, 3.05) is 4.90 Å². The number of anilines is 1. The fourth-order valence-corrected chi connectivity index (χ4v) is 6.16. The van der Waals surface area contributed by atoms with Crippen LogP contribution in [0.25, 0.3) is 0 Å². The van der Waals surface area contributed by atoms with Gasteiger partial charge in [0.05, 0.1) is 5.41 Å². The van der Waals surface area contributed by atoms with E-state index in [4.69, 9.17) is 0 Å². The normalized spacial score (nSPS) is 29.8. The van der Waals surface area contributed by atoms with Crippen LogP contribution in [-0.2, 0) is 0 Å². The lowest BCUT2D eigenvalue weighted by Gasteiger charge is -2.48. The highest BCUT2D eigenvalue weighted by Gasteiger charge is 2.65. The zero-order valence-corrected chi connectivity index (χ0v) is 15.8. The number of hydrogen-bond acceptors (Lipinski definition) is 1. The third kappa shape index (κ3) is 2.53. The lowest BCUT2D eigenvalue weighted by Crippen LogP contribution is -2.65. The van der Waals surface area contributed by atoms with Crippen LogP contribution in [-0.4, -0.2) is 29.4 Å². The number of rotatable bonds is 3. The minimum Gasteiger partial charge on any atom is -0.440 e. The van der Waals surface area contributed by atoms with Crippen molar-refractivity contribution < 1.29 is 17.5 Å². The highest BCUT2D eigenvalue weighted by atomic mass is 19.4. The molecule has 28 heavy (non-hydrogen) atoms. The maximum Gasteiger partial charge on any atom is 0.589 e. The molecule has 0 amide bonds. The van der Waals surface area contributed by atoms with Gasteiger partial charge in [0.2, 0.25) is 0 Å². The lowest BCUT2D eigenvalue weighted by molar-refractivity contribution is -0.509. The van der Waals surface area contributed by atoms with Crippen LogP contribution in [0.15, 0.2) is 60.7 Å². The number of hydrogen-bond donors (Lipinski definition) is 0. The number of nitrogens with zero attached hydrogens (tertiary/aromatic N) is 2. The van der Waals surface area contributed by atoms with E-state index in [1.807, 2.05) is 60.7 Å². The van der Waals surface area contributed by atoms with E-state index in [9.17, 15) is 12.9 Å². The van der Waals surface area contributed by atoms with Gasteiger partial charge in [-0.2, -0.15) is 0 Å². The van der Waals surface area contributed by atoms with Crippen LogP contribution in [0.4, 0.5) is 24.3 Å². The Morgan fingerprint density at radius 1 is 0.857 bits per heavy atom. The molecule has 2 aliphatic carbocycles. The van der Waals surface area contributed by atoms with E-state index in [0.717, 1.165) is 38.5 Å². The van der Waals surface area contributed by atoms with E-state index in [0.29, 0.717) is 11.4 Å². The smallest absolute Gasteiger partial charge is 0.440 e. The molecule has 3 atom stereocenters. The first kappa shape index (κ1) is 17.8. The monoisotopic (exact) mass is 384 g/mol. The van der Waals surface area contributed by atoms with E-state index in [1.54, 1.807) is 9.48 Å². The SMILES string of the molecule is F[B-](F)(F)C1=[N+](c2ccccc2)[C@H]2CCC[C@]23CCC[C@@H]3N1c1ccccc1. The van der Waals surface area contributed by atoms with Crippen LogP contribution >= 0.6 is 0 Å². The van der Waals surface area contributed by atoms with Crippen LogP contribution in [0.2, 0.25) is 0 Å². The van der Waals surface area contributed by atoms with Gasteiger partial charge >= 0.3 is 6.98 Å². The second-order valence-electron chi connectivity index (χ2n) is 8.39. The molecule has 2 saturated carbocycles. The Kier molecular flexibility index (Phi) is 4.07. The van der Waals surface area contributed by atoms with Gasteiger partial charge in [-0.1, -0.05) is 36.4 Å². The van der Waals surface area contributed by atoms with Crippen molar-refractivity contribution in [3.05, 3.63) is 60.7 Å². The van der Waals surface area contributed by atoms with Crippen LogP contribution in [0.1, 0.15) is 38.5 Å². The Morgan fingerprint density at radius 3 is 2.11 bits per heavy atom. The van der Waals surface area contributed by atoms with Gasteiger partial charge in [0.15, 0.2) is 5.73 Å². The number of para-hydroxylation sites is 2. The van der Waals surface area contributed by atoms with E-state index < -0.39 is 12.7 Å². The summed E-state index contributed by atoms with van der Waals surface area (Å²) in [7, 11) is 0. The van der Waals surface area contributed by atoms with Gasteiger partial charge in [-0.15, -0.1) is 0 Å². The van der Waals surface area contributed by atoms with E-state index in [2.05, 4.69) is 0 Å². The van der Waals surface area contributed by atoms with Gasteiger partial charge in [0.1, 0.15) is 23.5 Å². The maximum absolute atomic E-state index is 14.7.